The molecule has 18 heavy (non-hydrogen) atoms. The average molecular weight is 270 g/mol. The molecule has 0 N–H and O–H groups in total. The Morgan fingerprint density at radius 3 is 2.33 bits per heavy atom. The molecule has 0 saturated carbocycles. The van der Waals surface area contributed by atoms with Crippen LogP contribution in [-0.4, -0.2) is 58.0 Å². The normalized spacial score (nSPS) is 18.8. The summed E-state index contributed by atoms with van der Waals surface area (Å²) in [6, 6.07) is 6.74. The number of nitrogens with zero attached hydrogens (tertiary/aromatic N) is 2. The lowest BCUT2D eigenvalue weighted by Crippen LogP contribution is -2.47. The van der Waals surface area contributed by atoms with Crippen LogP contribution in [0.5, 0.6) is 5.75 Å². The van der Waals surface area contributed by atoms with E-state index in [2.05, 4.69) is 4.90 Å². The van der Waals surface area contributed by atoms with Crippen LogP contribution in [0.4, 0.5) is 0 Å². The van der Waals surface area contributed by atoms with Crippen molar-refractivity contribution in [2.24, 2.45) is 0 Å². The van der Waals surface area contributed by atoms with Gasteiger partial charge in [-0.1, -0.05) is 12.1 Å². The maximum Gasteiger partial charge on any atom is 0.246 e. The van der Waals surface area contributed by atoms with E-state index in [1.165, 1.54) is 11.4 Å². The van der Waals surface area contributed by atoms with E-state index in [4.69, 9.17) is 4.74 Å². The van der Waals surface area contributed by atoms with E-state index in [-0.39, 0.29) is 4.90 Å². The average Bonchev–Trinajstić information content (AvgIpc) is 2.39. The molecular weight excluding hydrogens is 252 g/mol. The molecule has 0 atom stereocenters. The number of sulfonamides is 1. The van der Waals surface area contributed by atoms with Crippen molar-refractivity contribution < 1.29 is 13.2 Å². The fourth-order valence-electron chi connectivity index (χ4n) is 2.00. The van der Waals surface area contributed by atoms with Crippen molar-refractivity contribution in [2.75, 3.05) is 40.3 Å². The summed E-state index contributed by atoms with van der Waals surface area (Å²) in [5.41, 5.74) is 0. The minimum atomic E-state index is -3.45. The van der Waals surface area contributed by atoms with Gasteiger partial charge in [-0.25, -0.2) is 8.42 Å². The highest BCUT2D eigenvalue weighted by molar-refractivity contribution is 7.89. The molecule has 0 amide bonds. The van der Waals surface area contributed by atoms with Crippen LogP contribution in [0.3, 0.4) is 0 Å². The Bertz CT molecular complexity index is 508. The second-order valence-corrected chi connectivity index (χ2v) is 6.26. The van der Waals surface area contributed by atoms with Gasteiger partial charge in [0.2, 0.25) is 10.0 Å². The smallest absolute Gasteiger partial charge is 0.246 e. The van der Waals surface area contributed by atoms with Gasteiger partial charge in [-0.05, 0) is 19.2 Å². The van der Waals surface area contributed by atoms with Gasteiger partial charge in [-0.15, -0.1) is 0 Å². The number of methoxy groups -OCH3 is 1. The first-order valence-corrected chi connectivity index (χ1v) is 7.31. The third kappa shape index (κ3) is 2.50. The summed E-state index contributed by atoms with van der Waals surface area (Å²) in [7, 11) is 0.0310. The summed E-state index contributed by atoms with van der Waals surface area (Å²) in [6.45, 7) is 2.57. The maximum absolute atomic E-state index is 12.5. The molecule has 1 aromatic rings. The van der Waals surface area contributed by atoms with Gasteiger partial charge in [0.25, 0.3) is 0 Å². The minimum absolute atomic E-state index is 0.247. The largest absolute Gasteiger partial charge is 0.495 e. The van der Waals surface area contributed by atoms with Crippen LogP contribution in [0.1, 0.15) is 0 Å². The lowest BCUT2D eigenvalue weighted by Gasteiger charge is -2.31. The molecule has 1 fully saturated rings. The standard InChI is InChI=1S/C12H18N2O3S/c1-13-7-9-14(10-8-13)18(15,16)12-6-4-3-5-11(12)17-2/h3-6H,7-10H2,1-2H3. The van der Waals surface area contributed by atoms with Crippen molar-refractivity contribution in [3.05, 3.63) is 24.3 Å². The summed E-state index contributed by atoms with van der Waals surface area (Å²) in [6.07, 6.45) is 0. The van der Waals surface area contributed by atoms with Gasteiger partial charge in [-0.3, -0.25) is 0 Å². The van der Waals surface area contributed by atoms with Gasteiger partial charge in [0.15, 0.2) is 0 Å². The molecule has 0 aliphatic carbocycles. The molecule has 0 radical (unpaired) electrons. The van der Waals surface area contributed by atoms with Crippen molar-refractivity contribution in [2.45, 2.75) is 4.90 Å². The summed E-state index contributed by atoms with van der Waals surface area (Å²) < 4.78 is 31.6. The molecule has 0 unspecified atom stereocenters. The van der Waals surface area contributed by atoms with Crippen LogP contribution in [-0.2, 0) is 10.0 Å². The Balaban J connectivity index is 2.30. The van der Waals surface area contributed by atoms with E-state index in [0.717, 1.165) is 13.1 Å². The number of hydrogen-bond acceptors (Lipinski definition) is 4. The molecule has 0 aromatic heterocycles. The van der Waals surface area contributed by atoms with Gasteiger partial charge in [0.1, 0.15) is 10.6 Å². The SMILES string of the molecule is COc1ccccc1S(=O)(=O)N1CCN(C)CC1. The van der Waals surface area contributed by atoms with Crippen molar-refractivity contribution in [1.82, 2.24) is 9.21 Å². The van der Waals surface area contributed by atoms with E-state index >= 15 is 0 Å². The summed E-state index contributed by atoms with van der Waals surface area (Å²) in [5.74, 6) is 0.399. The zero-order valence-electron chi connectivity index (χ0n) is 10.7. The number of piperazine rings is 1. The van der Waals surface area contributed by atoms with Crippen molar-refractivity contribution in [3.63, 3.8) is 0 Å². The van der Waals surface area contributed by atoms with Crippen LogP contribution in [0.15, 0.2) is 29.2 Å². The maximum atomic E-state index is 12.5. The molecule has 1 aliphatic rings. The molecular formula is C12H18N2O3S. The zero-order chi connectivity index (χ0) is 13.2. The molecule has 0 spiro atoms. The lowest BCUT2D eigenvalue weighted by atomic mass is 10.3. The van der Waals surface area contributed by atoms with Crippen LogP contribution in [0, 0.1) is 0 Å². The third-order valence-electron chi connectivity index (χ3n) is 3.15. The van der Waals surface area contributed by atoms with Crippen LogP contribution in [0.2, 0.25) is 0 Å². The molecule has 0 bridgehead atoms. The van der Waals surface area contributed by atoms with Gasteiger partial charge >= 0.3 is 0 Å². The lowest BCUT2D eigenvalue weighted by molar-refractivity contribution is 0.222. The monoisotopic (exact) mass is 270 g/mol. The number of likely N-dealkylation sites (N-methyl/N-ethyl adjacent to an activating group) is 1. The molecule has 2 rings (SSSR count). The summed E-state index contributed by atoms with van der Waals surface area (Å²) >= 11 is 0. The van der Waals surface area contributed by atoms with Gasteiger partial charge in [-0.2, -0.15) is 4.31 Å². The highest BCUT2D eigenvalue weighted by Crippen LogP contribution is 2.26. The first-order valence-electron chi connectivity index (χ1n) is 5.87. The first kappa shape index (κ1) is 13.3. The number of benzene rings is 1. The number of para-hydroxylation sites is 1. The highest BCUT2D eigenvalue weighted by atomic mass is 32.2. The predicted molar refractivity (Wildman–Crippen MR) is 69.2 cm³/mol. The predicted octanol–water partition coefficient (Wildman–Crippen LogP) is 0.631. The Hall–Kier alpha value is -1.11. The van der Waals surface area contributed by atoms with Crippen molar-refractivity contribution in [3.8, 4) is 5.75 Å². The Morgan fingerprint density at radius 2 is 1.72 bits per heavy atom. The number of rotatable bonds is 3. The van der Waals surface area contributed by atoms with E-state index < -0.39 is 10.0 Å². The molecule has 100 valence electrons. The number of ether oxygens (including phenoxy) is 1. The minimum Gasteiger partial charge on any atom is -0.495 e. The first-order chi connectivity index (χ1) is 8.55. The van der Waals surface area contributed by atoms with Crippen molar-refractivity contribution in [1.29, 1.82) is 0 Å². The van der Waals surface area contributed by atoms with E-state index in [0.29, 0.717) is 18.8 Å². The quantitative estimate of drug-likeness (QED) is 0.808. The van der Waals surface area contributed by atoms with Crippen LogP contribution >= 0.6 is 0 Å². The zero-order valence-corrected chi connectivity index (χ0v) is 11.5. The fourth-order valence-corrected chi connectivity index (χ4v) is 3.58. The number of hydrogen-bond donors (Lipinski definition) is 0. The Labute approximate surface area is 108 Å². The van der Waals surface area contributed by atoms with Gasteiger partial charge < -0.3 is 9.64 Å². The third-order valence-corrected chi connectivity index (χ3v) is 5.09. The van der Waals surface area contributed by atoms with Gasteiger partial charge in [0, 0.05) is 26.2 Å². The molecule has 5 nitrogen and oxygen atoms in total. The van der Waals surface area contributed by atoms with Gasteiger partial charge in [0.05, 0.1) is 7.11 Å². The molecule has 1 saturated heterocycles. The van der Waals surface area contributed by atoms with Crippen molar-refractivity contribution >= 4 is 10.0 Å². The topological polar surface area (TPSA) is 49.9 Å². The van der Waals surface area contributed by atoms with Crippen LogP contribution < -0.4 is 4.74 Å². The molecule has 1 aromatic carbocycles. The Morgan fingerprint density at radius 1 is 1.11 bits per heavy atom. The Kier molecular flexibility index (Phi) is 3.89. The molecule has 1 heterocycles. The molecule has 1 aliphatic heterocycles. The van der Waals surface area contributed by atoms with E-state index in [1.54, 1.807) is 24.3 Å². The van der Waals surface area contributed by atoms with E-state index in [9.17, 15) is 8.42 Å². The van der Waals surface area contributed by atoms with E-state index in [1.807, 2.05) is 7.05 Å². The second-order valence-electron chi connectivity index (χ2n) is 4.36. The second kappa shape index (κ2) is 5.26. The highest BCUT2D eigenvalue weighted by Gasteiger charge is 2.29. The summed E-state index contributed by atoms with van der Waals surface area (Å²) in [5, 5.41) is 0. The molecule has 6 heteroatoms. The summed E-state index contributed by atoms with van der Waals surface area (Å²) in [4.78, 5) is 2.37. The fraction of sp³-hybridized carbons (Fsp3) is 0.500. The van der Waals surface area contributed by atoms with Crippen LogP contribution in [0.25, 0.3) is 0 Å².